The summed E-state index contributed by atoms with van der Waals surface area (Å²) < 4.78 is 5.30. The third kappa shape index (κ3) is 6.25. The zero-order valence-corrected chi connectivity index (χ0v) is 23.1. The summed E-state index contributed by atoms with van der Waals surface area (Å²) in [5, 5.41) is 2.96. The summed E-state index contributed by atoms with van der Waals surface area (Å²) in [6.45, 7) is 10.6. The Morgan fingerprint density at radius 3 is 2.33 bits per heavy atom. The maximum Gasteiger partial charge on any atom is 0.342 e. The smallest absolute Gasteiger partial charge is 0.342 e. The maximum absolute atomic E-state index is 13.8. The van der Waals surface area contributed by atoms with Crippen molar-refractivity contribution in [3.63, 3.8) is 0 Å². The molecule has 2 heterocycles. The Balaban J connectivity index is 1.54. The fourth-order valence-corrected chi connectivity index (χ4v) is 4.67. The number of nitrogens with zero attached hydrogens (tertiary/aromatic N) is 4. The number of carbonyl (C=O) groups excluding carboxylic acids is 3. The van der Waals surface area contributed by atoms with Gasteiger partial charge in [-0.15, -0.1) is 0 Å². The predicted octanol–water partition coefficient (Wildman–Crippen LogP) is 5.13. The molecule has 1 saturated heterocycles. The number of aromatic nitrogens is 2. The summed E-state index contributed by atoms with van der Waals surface area (Å²) in [5.74, 6) is -0.252. The Morgan fingerprint density at radius 2 is 1.72 bits per heavy atom. The molecule has 1 aliphatic heterocycles. The molecule has 4 rings (SSSR count). The highest BCUT2D eigenvalue weighted by molar-refractivity contribution is 6.07. The molecule has 2 aromatic carbocycles. The maximum atomic E-state index is 13.8. The minimum Gasteiger partial charge on any atom is -0.462 e. The number of hydrogen-bond acceptors (Lipinski definition) is 6. The van der Waals surface area contributed by atoms with Gasteiger partial charge in [0.15, 0.2) is 0 Å². The normalized spacial score (nSPS) is 15.3. The second-order valence-corrected chi connectivity index (χ2v) is 9.93. The lowest BCUT2D eigenvalue weighted by Gasteiger charge is -2.39. The van der Waals surface area contributed by atoms with E-state index in [2.05, 4.69) is 29.1 Å². The van der Waals surface area contributed by atoms with E-state index >= 15 is 0 Å². The quantitative estimate of drug-likeness (QED) is 0.444. The molecule has 9 nitrogen and oxygen atoms in total. The predicted molar refractivity (Wildman–Crippen MR) is 150 cm³/mol. The molecule has 0 spiro atoms. The molecular formula is C30H35N5O4. The molecule has 9 heteroatoms. The summed E-state index contributed by atoms with van der Waals surface area (Å²) in [6, 6.07) is 16.6. The fourth-order valence-electron chi connectivity index (χ4n) is 4.67. The number of urea groups is 1. The standard InChI is InChI=1S/C30H35N5O4/c1-6-39-29(37)25-26(23-10-8-7-9-11-23)31-21(5)32-27(25)28(36)34-16-17-35(20(4)18-34)30(38)33-24-14-12-22(13-15-24)19(2)3/h7-15,19-20H,6,16-18H2,1-5H3,(H,33,38). The molecule has 0 aliphatic carbocycles. The van der Waals surface area contributed by atoms with E-state index in [1.165, 1.54) is 5.56 Å². The first-order valence-corrected chi connectivity index (χ1v) is 13.3. The zero-order chi connectivity index (χ0) is 28.1. The van der Waals surface area contributed by atoms with Crippen LogP contribution in [0.5, 0.6) is 0 Å². The summed E-state index contributed by atoms with van der Waals surface area (Å²) in [4.78, 5) is 52.1. The van der Waals surface area contributed by atoms with E-state index in [1.54, 1.807) is 23.6 Å². The van der Waals surface area contributed by atoms with Crippen LogP contribution in [0.3, 0.4) is 0 Å². The molecule has 1 aliphatic rings. The number of hydrogen-bond donors (Lipinski definition) is 1. The average Bonchev–Trinajstić information content (AvgIpc) is 2.92. The molecule has 1 aromatic heterocycles. The third-order valence-corrected chi connectivity index (χ3v) is 6.75. The van der Waals surface area contributed by atoms with Crippen LogP contribution < -0.4 is 5.32 Å². The van der Waals surface area contributed by atoms with Crippen molar-refractivity contribution >= 4 is 23.6 Å². The van der Waals surface area contributed by atoms with Crippen molar-refractivity contribution in [2.45, 2.75) is 46.6 Å². The molecule has 0 radical (unpaired) electrons. The molecule has 1 fully saturated rings. The van der Waals surface area contributed by atoms with E-state index in [1.807, 2.05) is 61.5 Å². The molecule has 3 amide bonds. The molecule has 1 unspecified atom stereocenters. The van der Waals surface area contributed by atoms with Crippen molar-refractivity contribution in [1.29, 1.82) is 0 Å². The van der Waals surface area contributed by atoms with Crippen LogP contribution in [-0.4, -0.2) is 70.0 Å². The zero-order valence-electron chi connectivity index (χ0n) is 23.1. The van der Waals surface area contributed by atoms with E-state index in [-0.39, 0.29) is 29.9 Å². The van der Waals surface area contributed by atoms with E-state index in [9.17, 15) is 14.4 Å². The summed E-state index contributed by atoms with van der Waals surface area (Å²) in [5.41, 5.74) is 3.03. The number of esters is 1. The van der Waals surface area contributed by atoms with Crippen molar-refractivity contribution < 1.29 is 19.1 Å². The number of aryl methyl sites for hydroxylation is 1. The lowest BCUT2D eigenvalue weighted by molar-refractivity contribution is 0.0505. The van der Waals surface area contributed by atoms with Gasteiger partial charge < -0.3 is 19.9 Å². The van der Waals surface area contributed by atoms with E-state index in [0.29, 0.717) is 42.6 Å². The Morgan fingerprint density at radius 1 is 1.03 bits per heavy atom. The van der Waals surface area contributed by atoms with Gasteiger partial charge in [0.05, 0.1) is 12.3 Å². The van der Waals surface area contributed by atoms with Crippen molar-refractivity contribution in [1.82, 2.24) is 19.8 Å². The van der Waals surface area contributed by atoms with E-state index in [4.69, 9.17) is 4.74 Å². The van der Waals surface area contributed by atoms with Crippen LogP contribution in [0.4, 0.5) is 10.5 Å². The fraction of sp³-hybridized carbons (Fsp3) is 0.367. The van der Waals surface area contributed by atoms with Crippen LogP contribution in [0, 0.1) is 6.92 Å². The van der Waals surface area contributed by atoms with Gasteiger partial charge in [0.1, 0.15) is 17.1 Å². The first-order valence-electron chi connectivity index (χ1n) is 13.3. The van der Waals surface area contributed by atoms with Crippen LogP contribution in [-0.2, 0) is 4.74 Å². The van der Waals surface area contributed by atoms with Gasteiger partial charge >= 0.3 is 12.0 Å². The highest BCUT2D eigenvalue weighted by Crippen LogP contribution is 2.26. The number of piperazine rings is 1. The number of anilines is 1. The lowest BCUT2D eigenvalue weighted by atomic mass is 10.0. The molecule has 39 heavy (non-hydrogen) atoms. The second-order valence-electron chi connectivity index (χ2n) is 9.93. The van der Waals surface area contributed by atoms with Gasteiger partial charge in [-0.1, -0.05) is 56.3 Å². The van der Waals surface area contributed by atoms with Crippen LogP contribution in [0.1, 0.15) is 65.8 Å². The van der Waals surface area contributed by atoms with E-state index < -0.39 is 11.9 Å². The number of rotatable bonds is 6. The van der Waals surface area contributed by atoms with E-state index in [0.717, 1.165) is 5.69 Å². The highest BCUT2D eigenvalue weighted by Gasteiger charge is 2.34. The van der Waals surface area contributed by atoms with Crippen LogP contribution in [0.25, 0.3) is 11.3 Å². The number of carbonyl (C=O) groups is 3. The first kappa shape index (κ1) is 27.8. The summed E-state index contributed by atoms with van der Waals surface area (Å²) in [6.07, 6.45) is 0. The molecule has 0 bridgehead atoms. The molecule has 0 saturated carbocycles. The number of nitrogens with one attached hydrogen (secondary N) is 1. The topological polar surface area (TPSA) is 105 Å². The highest BCUT2D eigenvalue weighted by atomic mass is 16.5. The van der Waals surface area contributed by atoms with Gasteiger partial charge in [0.2, 0.25) is 0 Å². The van der Waals surface area contributed by atoms with Crippen molar-refractivity contribution in [2.24, 2.45) is 0 Å². The second kappa shape index (κ2) is 12.1. The Hall–Kier alpha value is -4.27. The Kier molecular flexibility index (Phi) is 8.59. The van der Waals surface area contributed by atoms with Crippen LogP contribution >= 0.6 is 0 Å². The molecular weight excluding hydrogens is 494 g/mol. The van der Waals surface area contributed by atoms with Gasteiger partial charge in [0.25, 0.3) is 5.91 Å². The number of ether oxygens (including phenoxy) is 1. The summed E-state index contributed by atoms with van der Waals surface area (Å²) >= 11 is 0. The van der Waals surface area contributed by atoms with Gasteiger partial charge in [-0.3, -0.25) is 4.79 Å². The third-order valence-electron chi connectivity index (χ3n) is 6.75. The lowest BCUT2D eigenvalue weighted by Crippen LogP contribution is -2.56. The van der Waals surface area contributed by atoms with Gasteiger partial charge in [-0.05, 0) is 44.4 Å². The van der Waals surface area contributed by atoms with Crippen LogP contribution in [0.2, 0.25) is 0 Å². The largest absolute Gasteiger partial charge is 0.462 e. The molecule has 204 valence electrons. The SMILES string of the molecule is CCOC(=O)c1c(C(=O)N2CCN(C(=O)Nc3ccc(C(C)C)cc3)C(C)C2)nc(C)nc1-c1ccccc1. The molecule has 3 aromatic rings. The number of benzene rings is 2. The van der Waals surface area contributed by atoms with Gasteiger partial charge in [0, 0.05) is 36.9 Å². The molecule has 1 N–H and O–H groups in total. The molecule has 1 atom stereocenters. The Labute approximate surface area is 229 Å². The van der Waals surface area contributed by atoms with Crippen molar-refractivity contribution in [3.05, 3.63) is 77.2 Å². The first-order chi connectivity index (χ1) is 18.7. The van der Waals surface area contributed by atoms with Crippen LogP contribution in [0.15, 0.2) is 54.6 Å². The summed E-state index contributed by atoms with van der Waals surface area (Å²) in [7, 11) is 0. The van der Waals surface area contributed by atoms with Crippen molar-refractivity contribution in [2.75, 3.05) is 31.6 Å². The Bertz CT molecular complexity index is 1340. The van der Waals surface area contributed by atoms with Gasteiger partial charge in [-0.2, -0.15) is 0 Å². The average molecular weight is 530 g/mol. The minimum atomic E-state index is -0.644. The van der Waals surface area contributed by atoms with Crippen molar-refractivity contribution in [3.8, 4) is 11.3 Å². The number of amides is 3. The minimum absolute atomic E-state index is 0.00940. The van der Waals surface area contributed by atoms with Gasteiger partial charge in [-0.25, -0.2) is 19.6 Å². The monoisotopic (exact) mass is 529 g/mol.